The van der Waals surface area contributed by atoms with Gasteiger partial charge in [-0.1, -0.05) is 15.9 Å². The Morgan fingerprint density at radius 1 is 1.03 bits per heavy atom. The predicted molar refractivity (Wildman–Crippen MR) is 119 cm³/mol. The molecule has 3 aromatic rings. The summed E-state index contributed by atoms with van der Waals surface area (Å²) in [6, 6.07) is 19.4. The molecule has 0 spiro atoms. The van der Waals surface area contributed by atoms with Crippen LogP contribution in [0.3, 0.4) is 0 Å². The highest BCUT2D eigenvalue weighted by Gasteiger charge is 2.34. The maximum absolute atomic E-state index is 13.0. The Morgan fingerprint density at radius 3 is 2.40 bits per heavy atom. The number of furan rings is 1. The second-order valence-electron chi connectivity index (χ2n) is 6.33. The zero-order valence-electron chi connectivity index (χ0n) is 15.3. The third kappa shape index (κ3) is 3.81. The van der Waals surface area contributed by atoms with Crippen LogP contribution in [0.5, 0.6) is 0 Å². The molecule has 1 aliphatic heterocycles. The van der Waals surface area contributed by atoms with E-state index in [1.54, 1.807) is 60.7 Å². The summed E-state index contributed by atoms with van der Waals surface area (Å²) >= 11 is 8.54. The zero-order chi connectivity index (χ0) is 21.3. The number of nitrogens with one attached hydrogen (secondary N) is 1. The number of nitrogens with zero attached hydrogens (tertiary/aromatic N) is 2. The number of amides is 2. The number of hydrogen-bond acceptors (Lipinski definition) is 5. The largest absolute Gasteiger partial charge is 0.457 e. The average Bonchev–Trinajstić information content (AvgIpc) is 3.21. The average molecular weight is 478 g/mol. The predicted octanol–water partition coefficient (Wildman–Crippen LogP) is 4.41. The van der Waals surface area contributed by atoms with Crippen molar-refractivity contribution in [3.05, 3.63) is 82.0 Å². The van der Waals surface area contributed by atoms with Gasteiger partial charge in [0.25, 0.3) is 11.8 Å². The molecule has 6 nitrogen and oxygen atoms in total. The molecule has 2 amide bonds. The van der Waals surface area contributed by atoms with Gasteiger partial charge < -0.3 is 4.42 Å². The number of thiocarbonyl (C=S) groups is 1. The van der Waals surface area contributed by atoms with Crippen LogP contribution in [-0.2, 0) is 9.59 Å². The monoisotopic (exact) mass is 477 g/mol. The molecule has 1 aromatic heterocycles. The zero-order valence-corrected chi connectivity index (χ0v) is 17.7. The highest BCUT2D eigenvalue weighted by molar-refractivity contribution is 9.10. The van der Waals surface area contributed by atoms with Crippen LogP contribution >= 0.6 is 28.1 Å². The second-order valence-corrected chi connectivity index (χ2v) is 7.63. The lowest BCUT2D eigenvalue weighted by Crippen LogP contribution is -2.54. The summed E-state index contributed by atoms with van der Waals surface area (Å²) in [4.78, 5) is 26.7. The smallest absolute Gasteiger partial charge is 0.270 e. The molecule has 0 unspecified atom stereocenters. The van der Waals surface area contributed by atoms with E-state index in [0.717, 1.165) is 10.0 Å². The SMILES string of the molecule is N#Cc1ccc(-c2ccc(/C=C3\C(=O)NC(=S)N(c4ccc(Br)cc4)C3=O)o2)cc1. The van der Waals surface area contributed by atoms with Gasteiger partial charge >= 0.3 is 0 Å². The van der Waals surface area contributed by atoms with Gasteiger partial charge in [0.1, 0.15) is 17.1 Å². The van der Waals surface area contributed by atoms with E-state index >= 15 is 0 Å². The molecule has 1 fully saturated rings. The Balaban J connectivity index is 1.65. The molecule has 1 aliphatic rings. The fraction of sp³-hybridized carbons (Fsp3) is 0. The lowest BCUT2D eigenvalue weighted by atomic mass is 10.1. The van der Waals surface area contributed by atoms with E-state index in [9.17, 15) is 9.59 Å². The molecule has 0 radical (unpaired) electrons. The summed E-state index contributed by atoms with van der Waals surface area (Å²) in [5.74, 6) is -0.233. The molecule has 8 heteroatoms. The van der Waals surface area contributed by atoms with Gasteiger partial charge in [-0.3, -0.25) is 19.8 Å². The Labute approximate surface area is 185 Å². The van der Waals surface area contributed by atoms with Crippen molar-refractivity contribution in [2.75, 3.05) is 4.90 Å². The van der Waals surface area contributed by atoms with Crippen molar-refractivity contribution in [2.45, 2.75) is 0 Å². The van der Waals surface area contributed by atoms with Crippen LogP contribution in [0.2, 0.25) is 0 Å². The van der Waals surface area contributed by atoms with Crippen LogP contribution in [0, 0.1) is 11.3 Å². The molecule has 1 saturated heterocycles. The summed E-state index contributed by atoms with van der Waals surface area (Å²) in [6.45, 7) is 0. The van der Waals surface area contributed by atoms with E-state index in [4.69, 9.17) is 21.9 Å². The number of rotatable bonds is 3. The van der Waals surface area contributed by atoms with E-state index in [1.165, 1.54) is 11.0 Å². The first-order chi connectivity index (χ1) is 14.5. The first kappa shape index (κ1) is 19.8. The highest BCUT2D eigenvalue weighted by Crippen LogP contribution is 2.26. The molecule has 1 N–H and O–H groups in total. The minimum Gasteiger partial charge on any atom is -0.457 e. The Morgan fingerprint density at radius 2 is 1.73 bits per heavy atom. The standard InChI is InChI=1S/C22H12BrN3O3S/c23-15-5-7-16(8-6-15)26-21(28)18(20(27)25-22(26)30)11-17-9-10-19(29-17)14-3-1-13(12-24)2-4-14/h1-11H,(H,25,27,30)/b18-11+. The summed E-state index contributed by atoms with van der Waals surface area (Å²) in [6.07, 6.45) is 1.39. The van der Waals surface area contributed by atoms with Crippen molar-refractivity contribution in [1.29, 1.82) is 5.26 Å². The van der Waals surface area contributed by atoms with Gasteiger partial charge in [0, 0.05) is 10.0 Å². The van der Waals surface area contributed by atoms with E-state index in [-0.39, 0.29) is 10.7 Å². The van der Waals surface area contributed by atoms with Gasteiger partial charge in [0.2, 0.25) is 0 Å². The maximum Gasteiger partial charge on any atom is 0.270 e. The van der Waals surface area contributed by atoms with Gasteiger partial charge in [0.15, 0.2) is 5.11 Å². The van der Waals surface area contributed by atoms with Crippen LogP contribution in [0.15, 0.2) is 75.1 Å². The number of benzene rings is 2. The van der Waals surface area contributed by atoms with E-state index in [2.05, 4.69) is 27.3 Å². The van der Waals surface area contributed by atoms with Crippen molar-refractivity contribution >= 4 is 56.8 Å². The number of anilines is 1. The number of carbonyl (C=O) groups is 2. The van der Waals surface area contributed by atoms with Crippen molar-refractivity contribution < 1.29 is 14.0 Å². The normalized spacial score (nSPS) is 15.3. The summed E-state index contributed by atoms with van der Waals surface area (Å²) in [7, 11) is 0. The van der Waals surface area contributed by atoms with E-state index in [0.29, 0.717) is 22.8 Å². The Hall–Kier alpha value is -3.54. The fourth-order valence-corrected chi connectivity index (χ4v) is 3.46. The summed E-state index contributed by atoms with van der Waals surface area (Å²) < 4.78 is 6.63. The fourth-order valence-electron chi connectivity index (χ4n) is 2.92. The third-order valence-corrected chi connectivity index (χ3v) is 5.21. The molecule has 4 rings (SSSR count). The lowest BCUT2D eigenvalue weighted by molar-refractivity contribution is -0.122. The maximum atomic E-state index is 13.0. The number of carbonyl (C=O) groups excluding carboxylic acids is 2. The summed E-state index contributed by atoms with van der Waals surface area (Å²) in [5.41, 5.74) is 1.76. The van der Waals surface area contributed by atoms with Gasteiger partial charge in [-0.05, 0) is 79.0 Å². The van der Waals surface area contributed by atoms with Crippen LogP contribution in [0.25, 0.3) is 17.4 Å². The molecule has 0 aliphatic carbocycles. The molecule has 2 heterocycles. The first-order valence-electron chi connectivity index (χ1n) is 8.73. The van der Waals surface area contributed by atoms with E-state index in [1.807, 2.05) is 0 Å². The van der Waals surface area contributed by atoms with Crippen molar-refractivity contribution in [3.63, 3.8) is 0 Å². The van der Waals surface area contributed by atoms with Gasteiger partial charge in [0.05, 0.1) is 17.3 Å². The molecular formula is C22H12BrN3O3S. The third-order valence-electron chi connectivity index (χ3n) is 4.40. The minimum absolute atomic E-state index is 0.0159. The minimum atomic E-state index is -0.588. The van der Waals surface area contributed by atoms with Crippen LogP contribution in [0.1, 0.15) is 11.3 Å². The Bertz CT molecular complexity index is 1240. The summed E-state index contributed by atoms with van der Waals surface area (Å²) in [5, 5.41) is 11.5. The highest BCUT2D eigenvalue weighted by atomic mass is 79.9. The van der Waals surface area contributed by atoms with Gasteiger partial charge in [-0.2, -0.15) is 5.26 Å². The van der Waals surface area contributed by atoms with Crippen molar-refractivity contribution in [1.82, 2.24) is 5.32 Å². The number of nitriles is 1. The van der Waals surface area contributed by atoms with Gasteiger partial charge in [-0.25, -0.2) is 0 Å². The number of hydrogen-bond donors (Lipinski definition) is 1. The van der Waals surface area contributed by atoms with Crippen LogP contribution in [-0.4, -0.2) is 16.9 Å². The molecule has 0 bridgehead atoms. The molecule has 146 valence electrons. The van der Waals surface area contributed by atoms with Crippen molar-refractivity contribution in [3.8, 4) is 17.4 Å². The van der Waals surface area contributed by atoms with Crippen molar-refractivity contribution in [2.24, 2.45) is 0 Å². The molecule has 30 heavy (non-hydrogen) atoms. The second kappa shape index (κ2) is 8.06. The first-order valence-corrected chi connectivity index (χ1v) is 9.94. The lowest BCUT2D eigenvalue weighted by Gasteiger charge is -2.28. The molecular weight excluding hydrogens is 466 g/mol. The topological polar surface area (TPSA) is 86.3 Å². The molecule has 0 saturated carbocycles. The molecule has 2 aromatic carbocycles. The van der Waals surface area contributed by atoms with Crippen LogP contribution in [0.4, 0.5) is 5.69 Å². The number of halogens is 1. The van der Waals surface area contributed by atoms with Gasteiger partial charge in [-0.15, -0.1) is 0 Å². The van der Waals surface area contributed by atoms with E-state index < -0.39 is 11.8 Å². The molecule has 0 atom stereocenters. The quantitative estimate of drug-likeness (QED) is 0.343. The van der Waals surface area contributed by atoms with Crippen LogP contribution < -0.4 is 10.2 Å². The Kier molecular flexibility index (Phi) is 5.31.